The number of ketones is 2. The van der Waals surface area contributed by atoms with Crippen LogP contribution >= 0.6 is 0 Å². The molecule has 3 saturated heterocycles. The highest BCUT2D eigenvalue weighted by molar-refractivity contribution is 6.29. The van der Waals surface area contributed by atoms with Gasteiger partial charge in [0, 0.05) is 83.4 Å². The maximum absolute atomic E-state index is 15.6. The summed E-state index contributed by atoms with van der Waals surface area (Å²) >= 11 is 0. The van der Waals surface area contributed by atoms with E-state index in [1.165, 1.54) is 12.1 Å². The lowest BCUT2D eigenvalue weighted by atomic mass is 9.74. The lowest BCUT2D eigenvalue weighted by Crippen LogP contribution is -2.70. The fourth-order valence-electron chi connectivity index (χ4n) is 15.4. The number of amides is 1. The topological polar surface area (TPSA) is 371 Å². The summed E-state index contributed by atoms with van der Waals surface area (Å²) < 4.78 is 35.0. The van der Waals surface area contributed by atoms with Crippen LogP contribution in [0, 0.1) is 29.6 Å². The molecule has 13 rings (SSSR count). The van der Waals surface area contributed by atoms with Gasteiger partial charge < -0.3 is 90.8 Å². The Kier molecular flexibility index (Phi) is 18.9. The lowest BCUT2D eigenvalue weighted by Gasteiger charge is -2.47. The van der Waals surface area contributed by atoms with Gasteiger partial charge in [0.15, 0.2) is 28.7 Å². The van der Waals surface area contributed by atoms with Gasteiger partial charge in [-0.1, -0.05) is 79.3 Å². The van der Waals surface area contributed by atoms with Gasteiger partial charge in [0.05, 0.1) is 62.9 Å². The number of para-hydroxylation sites is 1. The van der Waals surface area contributed by atoms with Gasteiger partial charge in [0.1, 0.15) is 55.5 Å². The monoisotopic (exact) mass is 1280 g/mol. The third-order valence-electron chi connectivity index (χ3n) is 20.3. The van der Waals surface area contributed by atoms with E-state index in [1.54, 1.807) is 12.1 Å². The number of rotatable bonds is 14. The third kappa shape index (κ3) is 12.4. The number of carbonyl (C=O) groups excluding carboxylic acids is 4. The molecule has 4 aromatic carbocycles. The highest BCUT2D eigenvalue weighted by Crippen LogP contribution is 2.53. The van der Waals surface area contributed by atoms with E-state index in [2.05, 4.69) is 38.4 Å². The van der Waals surface area contributed by atoms with Crippen molar-refractivity contribution < 1.29 is 78.6 Å². The van der Waals surface area contributed by atoms with E-state index in [-0.39, 0.29) is 103 Å². The molecule has 16 N–H and O–H groups in total. The summed E-state index contributed by atoms with van der Waals surface area (Å²) in [5, 5.41) is 102. The fraction of sp³-hybridized carbons (Fsp3) is 0.507. The molecule has 1 amide bonds. The van der Waals surface area contributed by atoms with Crippen LogP contribution in [0.1, 0.15) is 123 Å². The number of hydrogen-bond donors (Lipinski definition) is 14. The number of hydrogen-bond acceptors (Lipinski definition) is 23. The summed E-state index contributed by atoms with van der Waals surface area (Å²) in [5.41, 5.74) is 14.6. The number of nitrogens with zero attached hydrogens (tertiary/aromatic N) is 1. The quantitative estimate of drug-likeness (QED) is 0.0528. The van der Waals surface area contributed by atoms with Crippen LogP contribution < -0.4 is 52.4 Å². The summed E-state index contributed by atoms with van der Waals surface area (Å²) in [4.78, 5) is 58.7. The van der Waals surface area contributed by atoms with Crippen LogP contribution in [0.25, 0.3) is 0 Å². The highest BCUT2D eigenvalue weighted by Gasteiger charge is 2.58. The van der Waals surface area contributed by atoms with Gasteiger partial charge in [-0.2, -0.15) is 0 Å². The number of benzene rings is 4. The van der Waals surface area contributed by atoms with Crippen molar-refractivity contribution >= 4 is 29.4 Å². The van der Waals surface area contributed by atoms with Gasteiger partial charge in [-0.25, -0.2) is 0 Å². The summed E-state index contributed by atoms with van der Waals surface area (Å²) in [6.07, 6.45) is -6.38. The standard InChI is InChI=1S/C69H82N8O16/c70-64-49(28-73-40-8-1-2-9-40)43(17-21-72-64)50-32-91-62-63(86)69(88)20-16-38(25-35-6-5-7-37(24-35)42(19-23-79)57(50)83)52(82)15-13-39-30-89-33-53(69)92-67(62)93-60-48(54(39)45-10-3-4-11-51(45)77-34-74-56-65(77)75-68(71)76-66(56)87)27-47-55(61(60)90-31-41(81)18-22-78)59(85)46-26-36(29-80)12-14-44(46)58(47)84/h3-7,10-12,14,17,22,24,26-27,38-42,50,52-54,56-57,62-63,65,67-68,72-75,79-83,86,88H,1-2,8-9,13,15,18-19,21,23,25,28-34,70-71H2,(H,76,87). The van der Waals surface area contributed by atoms with Crippen LogP contribution in [-0.2, 0) is 36.8 Å². The zero-order valence-corrected chi connectivity index (χ0v) is 51.5. The minimum absolute atomic E-state index is 0.0228. The van der Waals surface area contributed by atoms with Crippen molar-refractivity contribution in [3.63, 3.8) is 0 Å². The molecule has 9 aliphatic rings. The van der Waals surface area contributed by atoms with Gasteiger partial charge in [-0.15, -0.1) is 0 Å². The summed E-state index contributed by atoms with van der Waals surface area (Å²) in [5.74, 6) is -0.112. The summed E-state index contributed by atoms with van der Waals surface area (Å²) in [7, 11) is 0. The predicted octanol–water partition coefficient (Wildman–Crippen LogP) is 0.372. The molecule has 7 heterocycles. The molecule has 24 nitrogen and oxygen atoms in total. The Morgan fingerprint density at radius 3 is 2.56 bits per heavy atom. The first-order valence-electron chi connectivity index (χ1n) is 32.4. The maximum Gasteiger partial charge on any atom is 0.242 e. The van der Waals surface area contributed by atoms with Gasteiger partial charge in [-0.05, 0) is 96.5 Å². The minimum Gasteiger partial charge on any atom is -0.486 e. The number of anilines is 1. The molecule has 24 heteroatoms. The second kappa shape index (κ2) is 27.3. The molecule has 4 aromatic rings. The summed E-state index contributed by atoms with van der Waals surface area (Å²) in [6.45, 7) is -1.65. The highest BCUT2D eigenvalue weighted by atomic mass is 16.7. The Bertz CT molecular complexity index is 3640. The zero-order valence-electron chi connectivity index (χ0n) is 51.5. The first-order valence-corrected chi connectivity index (χ1v) is 32.4. The van der Waals surface area contributed by atoms with E-state index in [4.69, 9.17) is 35.2 Å². The van der Waals surface area contributed by atoms with Gasteiger partial charge in [-0.3, -0.25) is 30.8 Å². The van der Waals surface area contributed by atoms with E-state index in [0.29, 0.717) is 52.2 Å². The molecule has 8 bridgehead atoms. The van der Waals surface area contributed by atoms with Crippen LogP contribution in [0.3, 0.4) is 0 Å². The average Bonchev–Trinajstić information content (AvgIpc) is 1.30. The van der Waals surface area contributed by atoms with Crippen molar-refractivity contribution in [2.45, 2.75) is 149 Å². The molecule has 0 radical (unpaired) electrons. The average molecular weight is 1280 g/mol. The number of aliphatic hydroxyl groups is 7. The Hall–Kier alpha value is -7.16. The second-order valence-electron chi connectivity index (χ2n) is 26.0. The Labute approximate surface area is 538 Å². The first-order chi connectivity index (χ1) is 45.1. The molecule has 93 heavy (non-hydrogen) atoms. The van der Waals surface area contributed by atoms with E-state index in [9.17, 15) is 45.3 Å². The van der Waals surface area contributed by atoms with Crippen LogP contribution in [0.2, 0.25) is 0 Å². The molecule has 1 saturated carbocycles. The molecular formula is C69H82N8O16. The van der Waals surface area contributed by atoms with Crippen molar-refractivity contribution in [3.8, 4) is 23.3 Å². The molecular weight excluding hydrogens is 1200 g/mol. The molecule has 16 atom stereocenters. The number of nitrogens with one attached hydrogen (secondary N) is 5. The number of aliphatic hydroxyl groups excluding tert-OH is 6. The van der Waals surface area contributed by atoms with E-state index in [0.717, 1.165) is 31.2 Å². The number of fused-ring (bicyclic) bond motifs is 13. The van der Waals surface area contributed by atoms with Crippen LogP contribution in [-0.4, -0.2) is 185 Å². The van der Waals surface area contributed by atoms with E-state index < -0.39 is 141 Å². The maximum atomic E-state index is 15.6. The van der Waals surface area contributed by atoms with Gasteiger partial charge >= 0.3 is 0 Å². The fourth-order valence-corrected chi connectivity index (χ4v) is 15.4. The summed E-state index contributed by atoms with van der Waals surface area (Å²) in [6, 6.07) is 20.4. The molecule has 494 valence electrons. The molecule has 0 aromatic heterocycles. The number of aldehydes is 1. The Balaban J connectivity index is 1.06. The van der Waals surface area contributed by atoms with Crippen molar-refractivity contribution in [1.82, 2.24) is 26.6 Å². The van der Waals surface area contributed by atoms with Crippen molar-refractivity contribution in [3.05, 3.63) is 146 Å². The third-order valence-corrected chi connectivity index (χ3v) is 20.3. The number of nitrogens with two attached hydrogens (primary N) is 2. The van der Waals surface area contributed by atoms with Crippen LogP contribution in [0.5, 0.6) is 11.5 Å². The van der Waals surface area contributed by atoms with Gasteiger partial charge in [0.25, 0.3) is 0 Å². The predicted molar refractivity (Wildman–Crippen MR) is 336 cm³/mol. The van der Waals surface area contributed by atoms with Gasteiger partial charge in [0.2, 0.25) is 12.2 Å². The number of ether oxygens (including phenoxy) is 5. The molecule has 7 aliphatic heterocycles. The molecule has 16 unspecified atom stereocenters. The minimum atomic E-state index is -2.56. The molecule has 0 spiro atoms. The lowest BCUT2D eigenvalue weighted by molar-refractivity contribution is -0.310. The van der Waals surface area contributed by atoms with Crippen LogP contribution in [0.15, 0.2) is 95.8 Å². The first kappa shape index (κ1) is 64.5. The second-order valence-corrected chi connectivity index (χ2v) is 26.0. The Morgan fingerprint density at radius 1 is 0.925 bits per heavy atom. The molecule has 4 fully saturated rings. The SMILES string of the molecule is NC1=C(CNC2CCCC2)C(C2COC3C4Oc5c(cc6c(c5OCC(O)CC=O)C(=O)c5cc(CO)ccc5C6=O)C(c5ccccc5N5CNC6C(=O)NC(N)NC65)C5CCC(O)C(C#CC(O)(C(COC5)O4)C3O)Cc3cccc(c3)C(CCO)C2O)=CCN1. The van der Waals surface area contributed by atoms with Crippen molar-refractivity contribution in [1.29, 1.82) is 0 Å². The van der Waals surface area contributed by atoms with E-state index >= 15 is 9.59 Å². The number of carbonyl (C=O) groups is 4. The van der Waals surface area contributed by atoms with E-state index in [1.807, 2.05) is 59.5 Å². The smallest absolute Gasteiger partial charge is 0.242 e. The van der Waals surface area contributed by atoms with Crippen molar-refractivity contribution in [2.24, 2.45) is 29.2 Å². The largest absolute Gasteiger partial charge is 0.486 e. The normalized spacial score (nSPS) is 32.2. The molecule has 2 aliphatic carbocycles. The Morgan fingerprint density at radius 2 is 1.75 bits per heavy atom. The zero-order chi connectivity index (χ0) is 64.8. The van der Waals surface area contributed by atoms with Crippen molar-refractivity contribution in [2.75, 3.05) is 57.7 Å². The van der Waals surface area contributed by atoms with Crippen LogP contribution in [0.4, 0.5) is 5.69 Å². The number of dihydropyridines is 1.